The zero-order chi connectivity index (χ0) is 25.8. The molecule has 1 aliphatic heterocycles. The average molecular weight is 509 g/mol. The van der Waals surface area contributed by atoms with Crippen molar-refractivity contribution in [1.82, 2.24) is 4.90 Å². The van der Waals surface area contributed by atoms with E-state index in [1.54, 1.807) is 19.2 Å². The quantitative estimate of drug-likeness (QED) is 0.244. The van der Waals surface area contributed by atoms with E-state index < -0.39 is 11.9 Å². The van der Waals surface area contributed by atoms with Gasteiger partial charge in [-0.2, -0.15) is 0 Å². The summed E-state index contributed by atoms with van der Waals surface area (Å²) in [6, 6.07) is 3.28. The fourth-order valence-corrected chi connectivity index (χ4v) is 4.92. The van der Waals surface area contributed by atoms with Crippen LogP contribution in [0.15, 0.2) is 24.3 Å². The number of hydrogen-bond donors (Lipinski definition) is 3. The molecule has 1 aromatic carbocycles. The van der Waals surface area contributed by atoms with E-state index in [-0.39, 0.29) is 5.78 Å². The lowest BCUT2D eigenvalue weighted by molar-refractivity contribution is -0.134. The molecule has 0 bridgehead atoms. The summed E-state index contributed by atoms with van der Waals surface area (Å²) in [7, 11) is 1.56. The van der Waals surface area contributed by atoms with Crippen molar-refractivity contribution < 1.29 is 29.3 Å². The van der Waals surface area contributed by atoms with Crippen molar-refractivity contribution in [3.8, 4) is 5.75 Å². The minimum Gasteiger partial charge on any atom is -0.496 e. The number of ketones is 1. The molecule has 8 nitrogen and oxygen atoms in total. The first-order valence-electron chi connectivity index (χ1n) is 12.2. The Morgan fingerprint density at radius 1 is 1.03 bits per heavy atom. The van der Waals surface area contributed by atoms with Crippen molar-refractivity contribution in [1.29, 1.82) is 0 Å². The minimum absolute atomic E-state index is 0.0957. The SMILES string of the molecule is COc1cc(N)c(Cl)cc1C(=O)CCC1CCN(CC2CCCCC2)CC1.O=C(O)/C=C/C(=O)O. The third-order valence-corrected chi connectivity index (χ3v) is 7.04. The zero-order valence-corrected chi connectivity index (χ0v) is 21.1. The Hall–Kier alpha value is -2.58. The number of carboxylic acids is 2. The molecule has 0 radical (unpaired) electrons. The van der Waals surface area contributed by atoms with Gasteiger partial charge in [-0.05, 0) is 63.1 Å². The lowest BCUT2D eigenvalue weighted by Gasteiger charge is -2.35. The first-order chi connectivity index (χ1) is 16.7. The second kappa shape index (κ2) is 14.7. The van der Waals surface area contributed by atoms with Gasteiger partial charge >= 0.3 is 11.9 Å². The van der Waals surface area contributed by atoms with Gasteiger partial charge in [0.15, 0.2) is 5.78 Å². The predicted molar refractivity (Wildman–Crippen MR) is 136 cm³/mol. The molecular weight excluding hydrogens is 472 g/mol. The summed E-state index contributed by atoms with van der Waals surface area (Å²) < 4.78 is 5.31. The normalized spacial score (nSPS) is 17.5. The van der Waals surface area contributed by atoms with Gasteiger partial charge in [-0.1, -0.05) is 30.9 Å². The van der Waals surface area contributed by atoms with E-state index >= 15 is 0 Å². The Bertz CT molecular complexity index is 874. The summed E-state index contributed by atoms with van der Waals surface area (Å²) in [5.74, 6) is -0.339. The van der Waals surface area contributed by atoms with Crippen LogP contribution in [-0.4, -0.2) is 59.6 Å². The number of hydrogen-bond acceptors (Lipinski definition) is 6. The zero-order valence-electron chi connectivity index (χ0n) is 20.4. The summed E-state index contributed by atoms with van der Waals surface area (Å²) in [5, 5.41) is 16.0. The second-order valence-corrected chi connectivity index (χ2v) is 9.70. The molecule has 1 heterocycles. The lowest BCUT2D eigenvalue weighted by Crippen LogP contribution is -2.37. The molecule has 2 aliphatic rings. The van der Waals surface area contributed by atoms with Crippen molar-refractivity contribution in [2.24, 2.45) is 11.8 Å². The number of benzene rings is 1. The number of nitrogen functional groups attached to an aromatic ring is 1. The van der Waals surface area contributed by atoms with Gasteiger partial charge in [0.1, 0.15) is 5.75 Å². The Morgan fingerprint density at radius 3 is 2.17 bits per heavy atom. The van der Waals surface area contributed by atoms with Crippen LogP contribution in [0.5, 0.6) is 5.75 Å². The summed E-state index contributed by atoms with van der Waals surface area (Å²) in [5.41, 5.74) is 6.80. The molecule has 9 heteroatoms. The highest BCUT2D eigenvalue weighted by molar-refractivity contribution is 6.33. The van der Waals surface area contributed by atoms with E-state index in [2.05, 4.69) is 4.90 Å². The largest absolute Gasteiger partial charge is 0.496 e. The average Bonchev–Trinajstić information content (AvgIpc) is 2.84. The molecule has 1 saturated heterocycles. The summed E-state index contributed by atoms with van der Waals surface area (Å²) in [4.78, 5) is 34.4. The number of rotatable bonds is 9. The third kappa shape index (κ3) is 10.3. The molecule has 0 aromatic heterocycles. The van der Waals surface area contributed by atoms with Gasteiger partial charge in [0.05, 0.1) is 23.4 Å². The van der Waals surface area contributed by atoms with Gasteiger partial charge < -0.3 is 25.6 Å². The molecule has 0 spiro atoms. The monoisotopic (exact) mass is 508 g/mol. The number of anilines is 1. The fourth-order valence-electron chi connectivity index (χ4n) is 4.76. The first kappa shape index (κ1) is 28.7. The smallest absolute Gasteiger partial charge is 0.328 e. The summed E-state index contributed by atoms with van der Waals surface area (Å²) in [6.45, 7) is 3.66. The van der Waals surface area contributed by atoms with Gasteiger partial charge in [0, 0.05) is 31.2 Å². The number of nitrogens with two attached hydrogens (primary N) is 1. The van der Waals surface area contributed by atoms with Crippen LogP contribution >= 0.6 is 11.6 Å². The van der Waals surface area contributed by atoms with E-state index in [9.17, 15) is 14.4 Å². The highest BCUT2D eigenvalue weighted by atomic mass is 35.5. The summed E-state index contributed by atoms with van der Waals surface area (Å²) >= 11 is 6.09. The Labute approximate surface area is 212 Å². The summed E-state index contributed by atoms with van der Waals surface area (Å²) in [6.07, 6.45) is 12.1. The number of likely N-dealkylation sites (tertiary alicyclic amines) is 1. The van der Waals surface area contributed by atoms with Crippen LogP contribution in [0.3, 0.4) is 0 Å². The van der Waals surface area contributed by atoms with Crippen molar-refractivity contribution in [3.05, 3.63) is 34.9 Å². The van der Waals surface area contributed by atoms with Crippen LogP contribution in [0.2, 0.25) is 5.02 Å². The van der Waals surface area contributed by atoms with Crippen molar-refractivity contribution in [2.75, 3.05) is 32.5 Å². The van der Waals surface area contributed by atoms with E-state index in [1.165, 1.54) is 64.6 Å². The van der Waals surface area contributed by atoms with Crippen LogP contribution in [0.1, 0.15) is 68.1 Å². The number of ether oxygens (including phenoxy) is 1. The Kier molecular flexibility index (Phi) is 12.1. The van der Waals surface area contributed by atoms with Crippen molar-refractivity contribution >= 4 is 35.0 Å². The van der Waals surface area contributed by atoms with E-state index in [0.29, 0.717) is 46.5 Å². The number of carbonyl (C=O) groups is 3. The molecule has 0 unspecified atom stereocenters. The number of halogens is 1. The molecule has 2 fully saturated rings. The van der Waals surface area contributed by atoms with Crippen LogP contribution in [0.4, 0.5) is 5.69 Å². The molecule has 0 amide bonds. The maximum Gasteiger partial charge on any atom is 0.328 e. The van der Waals surface area contributed by atoms with Crippen LogP contribution in [0.25, 0.3) is 0 Å². The van der Waals surface area contributed by atoms with Gasteiger partial charge in [0.2, 0.25) is 0 Å². The standard InChI is InChI=1S/C22H33ClN2O2.C4H4O4/c1-27-22-14-20(24)19(23)13-18(22)21(26)8-7-16-9-11-25(12-10-16)15-17-5-3-2-4-6-17;5-3(6)1-2-4(7)8/h13-14,16-17H,2-12,15,24H2,1H3;1-2H,(H,5,6)(H,7,8)/b;2-1+. The third-order valence-electron chi connectivity index (χ3n) is 6.72. The molecule has 0 atom stereocenters. The predicted octanol–water partition coefficient (Wildman–Crippen LogP) is 4.90. The Balaban J connectivity index is 0.000000466. The second-order valence-electron chi connectivity index (χ2n) is 9.29. The molecule has 1 aliphatic carbocycles. The van der Waals surface area contributed by atoms with Gasteiger partial charge in [0.25, 0.3) is 0 Å². The number of methoxy groups -OCH3 is 1. The van der Waals surface area contributed by atoms with Crippen molar-refractivity contribution in [2.45, 2.75) is 57.8 Å². The number of Topliss-reactive ketones (excluding diaryl/α,β-unsaturated/α-hetero) is 1. The molecule has 3 rings (SSSR count). The Morgan fingerprint density at radius 2 is 1.63 bits per heavy atom. The van der Waals surface area contributed by atoms with Crippen LogP contribution < -0.4 is 10.5 Å². The van der Waals surface area contributed by atoms with E-state index in [1.807, 2.05) is 0 Å². The highest BCUT2D eigenvalue weighted by Crippen LogP contribution is 2.31. The number of carbonyl (C=O) groups excluding carboxylic acids is 1. The topological polar surface area (TPSA) is 130 Å². The number of nitrogens with zero attached hydrogens (tertiary/aromatic N) is 1. The number of aliphatic carboxylic acids is 2. The van der Waals surface area contributed by atoms with E-state index in [0.717, 1.165) is 12.3 Å². The van der Waals surface area contributed by atoms with Crippen LogP contribution in [-0.2, 0) is 9.59 Å². The minimum atomic E-state index is -1.26. The molecule has 1 saturated carbocycles. The van der Waals surface area contributed by atoms with Crippen LogP contribution in [0, 0.1) is 11.8 Å². The molecule has 1 aromatic rings. The van der Waals surface area contributed by atoms with Gasteiger partial charge in [-0.15, -0.1) is 0 Å². The van der Waals surface area contributed by atoms with E-state index in [4.69, 9.17) is 32.3 Å². The first-order valence-corrected chi connectivity index (χ1v) is 12.6. The van der Waals surface area contributed by atoms with Gasteiger partial charge in [-0.25, -0.2) is 9.59 Å². The molecule has 4 N–H and O–H groups in total. The lowest BCUT2D eigenvalue weighted by atomic mass is 9.87. The maximum atomic E-state index is 12.7. The number of piperidine rings is 1. The molecular formula is C26H37ClN2O6. The van der Waals surface area contributed by atoms with Crippen molar-refractivity contribution in [3.63, 3.8) is 0 Å². The maximum absolute atomic E-state index is 12.7. The van der Waals surface area contributed by atoms with Gasteiger partial charge in [-0.3, -0.25) is 4.79 Å². The fraction of sp³-hybridized carbons (Fsp3) is 0.577. The molecule has 35 heavy (non-hydrogen) atoms. The number of carboxylic acid groups (broad SMARTS) is 2. The highest BCUT2D eigenvalue weighted by Gasteiger charge is 2.24. The molecule has 194 valence electrons.